The SMILES string of the molecule is NNC(=O)c1occc1CN1CC2CCCC2C1. The maximum atomic E-state index is 11.5. The van der Waals surface area contributed by atoms with Gasteiger partial charge in [0.2, 0.25) is 0 Å². The summed E-state index contributed by atoms with van der Waals surface area (Å²) in [6.07, 6.45) is 5.66. The monoisotopic (exact) mass is 249 g/mol. The van der Waals surface area contributed by atoms with Crippen LogP contribution in [0, 0.1) is 11.8 Å². The van der Waals surface area contributed by atoms with E-state index < -0.39 is 0 Å². The van der Waals surface area contributed by atoms with Crippen molar-refractivity contribution in [2.75, 3.05) is 13.1 Å². The number of carbonyl (C=O) groups excluding carboxylic acids is 1. The number of hydrazine groups is 1. The van der Waals surface area contributed by atoms with Crippen molar-refractivity contribution >= 4 is 5.91 Å². The van der Waals surface area contributed by atoms with Crippen LogP contribution in [-0.2, 0) is 6.54 Å². The van der Waals surface area contributed by atoms with Gasteiger partial charge in [0.1, 0.15) is 0 Å². The first-order valence-corrected chi connectivity index (χ1v) is 6.57. The van der Waals surface area contributed by atoms with Gasteiger partial charge < -0.3 is 4.42 Å². The van der Waals surface area contributed by atoms with Crippen LogP contribution in [0.2, 0.25) is 0 Å². The van der Waals surface area contributed by atoms with Crippen LogP contribution in [0.5, 0.6) is 0 Å². The van der Waals surface area contributed by atoms with Gasteiger partial charge in [0.05, 0.1) is 6.26 Å². The maximum absolute atomic E-state index is 11.5. The number of carbonyl (C=O) groups is 1. The number of nitrogen functional groups attached to an aromatic ring is 1. The normalized spacial score (nSPS) is 27.4. The van der Waals surface area contributed by atoms with Gasteiger partial charge in [0.25, 0.3) is 0 Å². The number of nitrogens with two attached hydrogens (primary N) is 1. The molecule has 5 heteroatoms. The zero-order chi connectivity index (χ0) is 12.5. The van der Waals surface area contributed by atoms with Crippen LogP contribution < -0.4 is 11.3 Å². The van der Waals surface area contributed by atoms with E-state index in [1.807, 2.05) is 6.07 Å². The second-order valence-electron chi connectivity index (χ2n) is 5.39. The summed E-state index contributed by atoms with van der Waals surface area (Å²) in [6.45, 7) is 3.09. The quantitative estimate of drug-likeness (QED) is 0.478. The van der Waals surface area contributed by atoms with E-state index in [-0.39, 0.29) is 5.91 Å². The molecule has 2 unspecified atom stereocenters. The van der Waals surface area contributed by atoms with E-state index >= 15 is 0 Å². The smallest absolute Gasteiger partial charge is 0.301 e. The Balaban J connectivity index is 1.67. The fraction of sp³-hybridized carbons (Fsp3) is 0.615. The molecule has 2 atom stereocenters. The lowest BCUT2D eigenvalue weighted by atomic mass is 10.0. The molecule has 1 aliphatic heterocycles. The highest BCUT2D eigenvalue weighted by molar-refractivity contribution is 5.92. The molecular formula is C13H19N3O2. The Hall–Kier alpha value is -1.33. The number of amides is 1. The van der Waals surface area contributed by atoms with Gasteiger partial charge in [0, 0.05) is 25.2 Å². The van der Waals surface area contributed by atoms with Crippen LogP contribution >= 0.6 is 0 Å². The first-order chi connectivity index (χ1) is 8.78. The molecule has 18 heavy (non-hydrogen) atoms. The largest absolute Gasteiger partial charge is 0.459 e. The lowest BCUT2D eigenvalue weighted by molar-refractivity contribution is 0.0923. The van der Waals surface area contributed by atoms with E-state index in [4.69, 9.17) is 10.3 Å². The van der Waals surface area contributed by atoms with Crippen molar-refractivity contribution in [3.8, 4) is 0 Å². The Labute approximate surface area is 106 Å². The van der Waals surface area contributed by atoms with Crippen molar-refractivity contribution in [1.29, 1.82) is 0 Å². The molecule has 0 spiro atoms. The van der Waals surface area contributed by atoms with Crippen LogP contribution in [0.25, 0.3) is 0 Å². The topological polar surface area (TPSA) is 71.5 Å². The summed E-state index contributed by atoms with van der Waals surface area (Å²) in [7, 11) is 0. The molecule has 1 saturated carbocycles. The van der Waals surface area contributed by atoms with Crippen LogP contribution in [0.3, 0.4) is 0 Å². The molecule has 0 radical (unpaired) electrons. The van der Waals surface area contributed by atoms with E-state index in [2.05, 4.69) is 10.3 Å². The van der Waals surface area contributed by atoms with Gasteiger partial charge >= 0.3 is 5.91 Å². The number of furan rings is 1. The number of rotatable bonds is 3. The van der Waals surface area contributed by atoms with Gasteiger partial charge in [-0.05, 0) is 30.7 Å². The molecule has 1 saturated heterocycles. The Bertz CT molecular complexity index is 431. The van der Waals surface area contributed by atoms with Crippen LogP contribution in [0.4, 0.5) is 0 Å². The highest BCUT2D eigenvalue weighted by atomic mass is 16.3. The first-order valence-electron chi connectivity index (χ1n) is 6.57. The number of hydrogen-bond acceptors (Lipinski definition) is 4. The molecule has 1 aromatic rings. The zero-order valence-corrected chi connectivity index (χ0v) is 10.4. The van der Waals surface area contributed by atoms with E-state index in [1.165, 1.54) is 19.3 Å². The summed E-state index contributed by atoms with van der Waals surface area (Å²) in [6, 6.07) is 1.86. The van der Waals surface area contributed by atoms with Crippen molar-refractivity contribution in [3.05, 3.63) is 23.7 Å². The summed E-state index contributed by atoms with van der Waals surface area (Å²) in [5, 5.41) is 0. The van der Waals surface area contributed by atoms with Gasteiger partial charge in [-0.3, -0.25) is 15.1 Å². The molecule has 2 aliphatic rings. The standard InChI is InChI=1S/C13H19N3O2/c14-15-13(17)12-11(4-5-18-12)8-16-6-9-2-1-3-10(9)7-16/h4-5,9-10H,1-3,6-8,14H2,(H,15,17). The third kappa shape index (κ3) is 2.04. The summed E-state index contributed by atoms with van der Waals surface area (Å²) in [4.78, 5) is 13.9. The first kappa shape index (κ1) is 11.7. The maximum Gasteiger partial charge on any atom is 0.301 e. The highest BCUT2D eigenvalue weighted by Gasteiger charge is 2.36. The van der Waals surface area contributed by atoms with Gasteiger partial charge in [-0.15, -0.1) is 0 Å². The number of hydrogen-bond donors (Lipinski definition) is 2. The summed E-state index contributed by atoms with van der Waals surface area (Å²) >= 11 is 0. The minimum atomic E-state index is -0.352. The Morgan fingerprint density at radius 3 is 2.83 bits per heavy atom. The second kappa shape index (κ2) is 4.74. The molecule has 2 fully saturated rings. The van der Waals surface area contributed by atoms with Crippen LogP contribution in [0.15, 0.2) is 16.7 Å². The zero-order valence-electron chi connectivity index (χ0n) is 10.4. The van der Waals surface area contributed by atoms with Crippen LogP contribution in [-0.4, -0.2) is 23.9 Å². The Morgan fingerprint density at radius 1 is 1.44 bits per heavy atom. The van der Waals surface area contributed by atoms with Crippen molar-refractivity contribution in [2.45, 2.75) is 25.8 Å². The number of nitrogens with one attached hydrogen (secondary N) is 1. The van der Waals surface area contributed by atoms with E-state index in [1.54, 1.807) is 6.26 Å². The summed E-state index contributed by atoms with van der Waals surface area (Å²) in [5.41, 5.74) is 3.05. The fourth-order valence-corrected chi connectivity index (χ4v) is 3.43. The Kier molecular flexibility index (Phi) is 3.09. The second-order valence-corrected chi connectivity index (χ2v) is 5.39. The van der Waals surface area contributed by atoms with Crippen LogP contribution in [0.1, 0.15) is 35.4 Å². The average molecular weight is 249 g/mol. The number of likely N-dealkylation sites (tertiary alicyclic amines) is 1. The fourth-order valence-electron chi connectivity index (χ4n) is 3.43. The minimum absolute atomic E-state index is 0.342. The lowest BCUT2D eigenvalue weighted by Gasteiger charge is -2.16. The molecule has 98 valence electrons. The van der Waals surface area contributed by atoms with E-state index in [0.29, 0.717) is 5.76 Å². The van der Waals surface area contributed by atoms with Gasteiger partial charge in [-0.2, -0.15) is 0 Å². The molecule has 5 nitrogen and oxygen atoms in total. The predicted octanol–water partition coefficient (Wildman–Crippen LogP) is 1.11. The molecule has 1 amide bonds. The lowest BCUT2D eigenvalue weighted by Crippen LogP contribution is -2.31. The van der Waals surface area contributed by atoms with Crippen molar-refractivity contribution in [3.63, 3.8) is 0 Å². The molecule has 1 aliphatic carbocycles. The van der Waals surface area contributed by atoms with Gasteiger partial charge in [0.15, 0.2) is 5.76 Å². The molecule has 0 aromatic carbocycles. The number of fused-ring (bicyclic) bond motifs is 1. The van der Waals surface area contributed by atoms with Gasteiger partial charge in [-0.25, -0.2) is 5.84 Å². The predicted molar refractivity (Wildman–Crippen MR) is 66.5 cm³/mol. The van der Waals surface area contributed by atoms with Crippen molar-refractivity contribution < 1.29 is 9.21 Å². The molecular weight excluding hydrogens is 230 g/mol. The highest BCUT2D eigenvalue weighted by Crippen LogP contribution is 2.38. The number of nitrogens with zero attached hydrogens (tertiary/aromatic N) is 1. The molecule has 3 N–H and O–H groups in total. The molecule has 2 heterocycles. The van der Waals surface area contributed by atoms with Crippen molar-refractivity contribution in [1.82, 2.24) is 10.3 Å². The third-order valence-electron chi connectivity index (χ3n) is 4.28. The minimum Gasteiger partial charge on any atom is -0.459 e. The van der Waals surface area contributed by atoms with Gasteiger partial charge in [-0.1, -0.05) is 6.42 Å². The summed E-state index contributed by atoms with van der Waals surface area (Å²) < 4.78 is 5.20. The van der Waals surface area contributed by atoms with Crippen molar-refractivity contribution in [2.24, 2.45) is 17.7 Å². The van der Waals surface area contributed by atoms with E-state index in [9.17, 15) is 4.79 Å². The molecule has 1 aromatic heterocycles. The summed E-state index contributed by atoms with van der Waals surface area (Å²) in [5.74, 6) is 6.86. The van der Waals surface area contributed by atoms with E-state index in [0.717, 1.165) is 37.0 Å². The molecule has 3 rings (SSSR count). The Morgan fingerprint density at radius 2 is 2.17 bits per heavy atom. The average Bonchev–Trinajstić information content (AvgIpc) is 3.03. The molecule has 0 bridgehead atoms. The third-order valence-corrected chi connectivity index (χ3v) is 4.28.